The molecular formula is C16H19N2O4+. The average molecular weight is 303 g/mol. The van der Waals surface area contributed by atoms with Crippen molar-refractivity contribution in [3.63, 3.8) is 0 Å². The summed E-state index contributed by atoms with van der Waals surface area (Å²) in [5.74, 6) is -1.77. The van der Waals surface area contributed by atoms with Crippen molar-refractivity contribution in [3.05, 3.63) is 58.6 Å². The van der Waals surface area contributed by atoms with Gasteiger partial charge < -0.3 is 14.6 Å². The van der Waals surface area contributed by atoms with Crippen LogP contribution in [0.4, 0.5) is 0 Å². The number of rotatable bonds is 5. The van der Waals surface area contributed by atoms with Gasteiger partial charge in [0.2, 0.25) is 5.39 Å². The van der Waals surface area contributed by atoms with E-state index in [4.69, 9.17) is 14.9 Å². The normalized spacial score (nSPS) is 12.5. The van der Waals surface area contributed by atoms with Crippen molar-refractivity contribution >= 4 is 12.0 Å². The number of ether oxygens (including phenoxy) is 2. The predicted octanol–water partition coefficient (Wildman–Crippen LogP) is 3.64. The van der Waals surface area contributed by atoms with Gasteiger partial charge in [-0.1, -0.05) is 36.4 Å². The first-order valence-corrected chi connectivity index (χ1v) is 6.69. The number of aliphatic hydroxyl groups is 1. The van der Waals surface area contributed by atoms with E-state index in [1.165, 1.54) is 0 Å². The van der Waals surface area contributed by atoms with Gasteiger partial charge in [0.15, 0.2) is 4.98 Å². The van der Waals surface area contributed by atoms with Crippen LogP contribution in [0.15, 0.2) is 48.1 Å². The summed E-state index contributed by atoms with van der Waals surface area (Å²) in [5.41, 5.74) is -0.489. The average Bonchev–Trinajstić information content (AvgIpc) is 2.43. The summed E-state index contributed by atoms with van der Waals surface area (Å²) in [5, 5.41) is 18.4. The molecule has 0 fully saturated rings. The van der Waals surface area contributed by atoms with Crippen molar-refractivity contribution in [2.75, 3.05) is 6.61 Å². The Kier molecular flexibility index (Phi) is 6.14. The number of hydrogen-bond acceptors (Lipinski definition) is 5. The van der Waals surface area contributed by atoms with E-state index in [2.05, 4.69) is 4.98 Å². The van der Waals surface area contributed by atoms with E-state index in [0.29, 0.717) is 0 Å². The summed E-state index contributed by atoms with van der Waals surface area (Å²) >= 11 is 0. The molecular weight excluding hydrogens is 284 g/mol. The number of nitrogens with zero attached hydrogens (tertiary/aromatic N) is 2. The SMILES string of the molecule is CC(C)(C)OC(=O)/C([N+]#N)=C(\O)OC/C=C/c1ccccc1. The lowest BCUT2D eigenvalue weighted by atomic mass is 10.2. The largest absolute Gasteiger partial charge is 0.547 e. The Balaban J connectivity index is 2.64. The molecule has 1 aromatic rings. The van der Waals surface area contributed by atoms with E-state index in [0.717, 1.165) is 5.56 Å². The van der Waals surface area contributed by atoms with E-state index < -0.39 is 23.2 Å². The fourth-order valence-electron chi connectivity index (χ4n) is 1.44. The highest BCUT2D eigenvalue weighted by Gasteiger charge is 2.35. The van der Waals surface area contributed by atoms with E-state index in [1.807, 2.05) is 30.3 Å². The van der Waals surface area contributed by atoms with Gasteiger partial charge in [-0.05, 0) is 32.4 Å². The maximum atomic E-state index is 11.7. The molecule has 1 N–H and O–H groups in total. The number of aliphatic hydroxyl groups excluding tert-OH is 1. The third kappa shape index (κ3) is 6.09. The van der Waals surface area contributed by atoms with Gasteiger partial charge in [0, 0.05) is 0 Å². The molecule has 1 aromatic carbocycles. The van der Waals surface area contributed by atoms with Crippen LogP contribution >= 0.6 is 0 Å². The van der Waals surface area contributed by atoms with E-state index in [-0.39, 0.29) is 6.61 Å². The van der Waals surface area contributed by atoms with Crippen LogP contribution < -0.4 is 0 Å². The minimum Gasteiger partial charge on any atom is -0.475 e. The van der Waals surface area contributed by atoms with Crippen LogP contribution in [-0.2, 0) is 14.3 Å². The quantitative estimate of drug-likeness (QED) is 0.388. The minimum atomic E-state index is -0.973. The molecule has 0 atom stereocenters. The fraction of sp³-hybridized carbons (Fsp3) is 0.312. The zero-order valence-corrected chi connectivity index (χ0v) is 12.8. The molecule has 0 aromatic heterocycles. The molecule has 0 heterocycles. The second-order valence-corrected chi connectivity index (χ2v) is 5.38. The lowest BCUT2D eigenvalue weighted by Gasteiger charge is -2.16. The number of carbonyl (C=O) groups is 1. The minimum absolute atomic E-state index is 0.00253. The molecule has 0 saturated heterocycles. The molecule has 6 nitrogen and oxygen atoms in total. The molecule has 6 heteroatoms. The first kappa shape index (κ1) is 17.2. The molecule has 0 aliphatic carbocycles. The van der Waals surface area contributed by atoms with Crippen LogP contribution in [0.2, 0.25) is 0 Å². The van der Waals surface area contributed by atoms with Gasteiger partial charge in [0.05, 0.1) is 0 Å². The smallest absolute Gasteiger partial charge is 0.475 e. The Morgan fingerprint density at radius 2 is 1.95 bits per heavy atom. The summed E-state index contributed by atoms with van der Waals surface area (Å²) in [4.78, 5) is 14.4. The summed E-state index contributed by atoms with van der Waals surface area (Å²) < 4.78 is 9.93. The topological polar surface area (TPSA) is 83.9 Å². The molecule has 0 unspecified atom stereocenters. The van der Waals surface area contributed by atoms with E-state index in [9.17, 15) is 9.90 Å². The second kappa shape index (κ2) is 7.84. The van der Waals surface area contributed by atoms with Crippen LogP contribution in [0.5, 0.6) is 0 Å². The third-order valence-electron chi connectivity index (χ3n) is 2.32. The monoisotopic (exact) mass is 303 g/mol. The van der Waals surface area contributed by atoms with Crippen molar-refractivity contribution < 1.29 is 19.4 Å². The van der Waals surface area contributed by atoms with Crippen molar-refractivity contribution in [2.45, 2.75) is 26.4 Å². The Morgan fingerprint density at radius 3 is 2.50 bits per heavy atom. The lowest BCUT2D eigenvalue weighted by Crippen LogP contribution is -2.25. The van der Waals surface area contributed by atoms with Crippen molar-refractivity contribution in [1.82, 2.24) is 0 Å². The molecule has 1 rings (SSSR count). The molecule has 0 amide bonds. The van der Waals surface area contributed by atoms with E-state index in [1.54, 1.807) is 32.9 Å². The highest BCUT2D eigenvalue weighted by Crippen LogP contribution is 2.14. The molecule has 0 bridgehead atoms. The molecule has 0 aliphatic rings. The fourth-order valence-corrected chi connectivity index (χ4v) is 1.44. The first-order chi connectivity index (χ1) is 10.3. The second-order valence-electron chi connectivity index (χ2n) is 5.38. The third-order valence-corrected chi connectivity index (χ3v) is 2.32. The summed E-state index contributed by atoms with van der Waals surface area (Å²) in [6.07, 6.45) is 3.44. The van der Waals surface area contributed by atoms with Crippen molar-refractivity contribution in [1.29, 1.82) is 5.39 Å². The van der Waals surface area contributed by atoms with Gasteiger partial charge in [-0.25, -0.2) is 4.79 Å². The Morgan fingerprint density at radius 1 is 1.32 bits per heavy atom. The van der Waals surface area contributed by atoms with E-state index >= 15 is 0 Å². The molecule has 0 saturated carbocycles. The highest BCUT2D eigenvalue weighted by atomic mass is 16.6. The zero-order chi connectivity index (χ0) is 16.6. The number of benzene rings is 1. The molecule has 0 spiro atoms. The van der Waals surface area contributed by atoms with Crippen LogP contribution in [0.3, 0.4) is 0 Å². The van der Waals surface area contributed by atoms with Crippen molar-refractivity contribution in [3.8, 4) is 0 Å². The van der Waals surface area contributed by atoms with Crippen LogP contribution in [0.1, 0.15) is 26.3 Å². The van der Waals surface area contributed by atoms with Gasteiger partial charge in [-0.3, -0.25) is 0 Å². The predicted molar refractivity (Wildman–Crippen MR) is 82.0 cm³/mol. The number of diazo groups is 1. The van der Waals surface area contributed by atoms with Crippen LogP contribution in [0.25, 0.3) is 11.1 Å². The number of hydrogen-bond donors (Lipinski definition) is 1. The zero-order valence-electron chi connectivity index (χ0n) is 12.8. The molecule has 0 aliphatic heterocycles. The van der Waals surface area contributed by atoms with Gasteiger partial charge in [-0.2, -0.15) is 0 Å². The first-order valence-electron chi connectivity index (χ1n) is 6.69. The standard InChI is InChI=1S/C16H18N2O4/c1-16(2,3)22-15(20)13(18-17)14(19)21-11-7-10-12-8-5-4-6-9-12/h4-10H,11H2,1-3H3/p+1/b10-7+. The molecule has 0 radical (unpaired) electrons. The Labute approximate surface area is 129 Å². The number of esters is 1. The summed E-state index contributed by atoms with van der Waals surface area (Å²) in [6, 6.07) is 9.49. The van der Waals surface area contributed by atoms with Crippen LogP contribution in [-0.4, -0.2) is 23.3 Å². The Bertz CT molecular complexity index is 607. The maximum Gasteiger partial charge on any atom is 0.547 e. The summed E-state index contributed by atoms with van der Waals surface area (Å²) in [6.45, 7) is 4.96. The maximum absolute atomic E-state index is 11.7. The summed E-state index contributed by atoms with van der Waals surface area (Å²) in [7, 11) is 0. The highest BCUT2D eigenvalue weighted by molar-refractivity contribution is 5.90. The van der Waals surface area contributed by atoms with Gasteiger partial charge in [0.1, 0.15) is 12.2 Å². The molecule has 22 heavy (non-hydrogen) atoms. The van der Waals surface area contributed by atoms with Crippen LogP contribution in [0, 0.1) is 5.39 Å². The van der Waals surface area contributed by atoms with Crippen molar-refractivity contribution in [2.24, 2.45) is 0 Å². The Hall–Kier alpha value is -2.81. The van der Waals surface area contributed by atoms with Gasteiger partial charge >= 0.3 is 17.6 Å². The van der Waals surface area contributed by atoms with Gasteiger partial charge in [0.25, 0.3) is 0 Å². The lowest BCUT2D eigenvalue weighted by molar-refractivity contribution is -0.150. The van der Waals surface area contributed by atoms with Gasteiger partial charge in [-0.15, -0.1) is 0 Å². The number of carbonyl (C=O) groups excluding carboxylic acids is 1. The molecule has 116 valence electrons.